The molecule has 0 N–H and O–H groups in total. The van der Waals surface area contributed by atoms with Gasteiger partial charge in [-0.05, 0) is 109 Å². The molecular weight excluding hydrogens is 901 g/mol. The summed E-state index contributed by atoms with van der Waals surface area (Å²) in [5.41, 5.74) is 0. The summed E-state index contributed by atoms with van der Waals surface area (Å²) in [7, 11) is 0. The number of ether oxygens (including phenoxy) is 3. The first-order valence-electron chi connectivity index (χ1n) is 30.7. The summed E-state index contributed by atoms with van der Waals surface area (Å²) < 4.78 is 16.9. The molecule has 6 nitrogen and oxygen atoms in total. The van der Waals surface area contributed by atoms with E-state index in [9.17, 15) is 14.4 Å². The fourth-order valence-corrected chi connectivity index (χ4v) is 8.49. The second-order valence-electron chi connectivity index (χ2n) is 20.2. The van der Waals surface area contributed by atoms with Crippen LogP contribution in [-0.2, 0) is 28.6 Å². The van der Waals surface area contributed by atoms with E-state index in [1.807, 2.05) is 0 Å². The van der Waals surface area contributed by atoms with Crippen molar-refractivity contribution in [3.63, 3.8) is 0 Å². The molecule has 0 rings (SSSR count). The SMILES string of the molecule is CC/C=C\C/C=C\C/C=C\C/C=C\CCCCCCCCCCCCCCCCC(=O)OCC(COC(=O)CCCCCCC/C=C\CCCC)OC(=O)CCCCCCCCC/C=C\C/C=C\C/C=C\CC. The van der Waals surface area contributed by atoms with Crippen LogP contribution in [0.5, 0.6) is 0 Å². The average Bonchev–Trinajstić information content (AvgIpc) is 3.39. The number of unbranched alkanes of at least 4 members (excludes halogenated alkanes) is 28. The van der Waals surface area contributed by atoms with Gasteiger partial charge in [0.15, 0.2) is 6.10 Å². The second-order valence-corrected chi connectivity index (χ2v) is 20.2. The Balaban J connectivity index is 4.24. The minimum absolute atomic E-state index is 0.0834. The normalized spacial score (nSPS) is 12.8. The van der Waals surface area contributed by atoms with Gasteiger partial charge in [0.1, 0.15) is 13.2 Å². The molecule has 418 valence electrons. The zero-order valence-corrected chi connectivity index (χ0v) is 47.9. The van der Waals surface area contributed by atoms with Crippen molar-refractivity contribution in [1.82, 2.24) is 0 Å². The van der Waals surface area contributed by atoms with Crippen LogP contribution in [0.25, 0.3) is 0 Å². The maximum atomic E-state index is 12.9. The molecule has 6 heteroatoms. The minimum Gasteiger partial charge on any atom is -0.462 e. The number of hydrogen-bond donors (Lipinski definition) is 0. The molecular formula is C67H114O6. The van der Waals surface area contributed by atoms with Crippen LogP contribution in [0.15, 0.2) is 97.2 Å². The van der Waals surface area contributed by atoms with Gasteiger partial charge in [-0.15, -0.1) is 0 Å². The predicted octanol–water partition coefficient (Wildman–Crippen LogP) is 20.9. The van der Waals surface area contributed by atoms with Crippen LogP contribution in [0.2, 0.25) is 0 Å². The largest absolute Gasteiger partial charge is 0.462 e. The molecule has 1 unspecified atom stereocenters. The molecule has 0 spiro atoms. The van der Waals surface area contributed by atoms with E-state index < -0.39 is 6.10 Å². The van der Waals surface area contributed by atoms with Crippen LogP contribution in [0, 0.1) is 0 Å². The highest BCUT2D eigenvalue weighted by atomic mass is 16.6. The number of hydrogen-bond acceptors (Lipinski definition) is 6. The summed E-state index contributed by atoms with van der Waals surface area (Å²) in [6.45, 7) is 6.38. The Kier molecular flexibility index (Phi) is 57.8. The summed E-state index contributed by atoms with van der Waals surface area (Å²) in [6, 6.07) is 0. The smallest absolute Gasteiger partial charge is 0.306 e. The van der Waals surface area contributed by atoms with Gasteiger partial charge in [-0.3, -0.25) is 14.4 Å². The quantitative estimate of drug-likeness (QED) is 0.0261. The molecule has 0 amide bonds. The molecule has 0 fully saturated rings. The summed E-state index contributed by atoms with van der Waals surface area (Å²) in [4.78, 5) is 38.2. The van der Waals surface area contributed by atoms with E-state index in [1.165, 1.54) is 135 Å². The molecule has 0 aromatic rings. The van der Waals surface area contributed by atoms with E-state index in [2.05, 4.69) is 118 Å². The molecule has 73 heavy (non-hydrogen) atoms. The predicted molar refractivity (Wildman–Crippen MR) is 316 cm³/mol. The molecule has 0 aliphatic rings. The summed E-state index contributed by atoms with van der Waals surface area (Å²) in [6.07, 6.45) is 81.3. The van der Waals surface area contributed by atoms with Gasteiger partial charge in [-0.25, -0.2) is 0 Å². The molecule has 0 saturated carbocycles. The molecule has 0 aromatic carbocycles. The molecule has 0 aromatic heterocycles. The highest BCUT2D eigenvalue weighted by molar-refractivity contribution is 5.71. The van der Waals surface area contributed by atoms with Gasteiger partial charge in [0.2, 0.25) is 0 Å². The lowest BCUT2D eigenvalue weighted by Crippen LogP contribution is -2.30. The first-order valence-corrected chi connectivity index (χ1v) is 30.7. The van der Waals surface area contributed by atoms with Crippen LogP contribution in [0.3, 0.4) is 0 Å². The van der Waals surface area contributed by atoms with Gasteiger partial charge < -0.3 is 14.2 Å². The number of esters is 3. The molecule has 0 radical (unpaired) electrons. The Morgan fingerprint density at radius 2 is 0.534 bits per heavy atom. The molecule has 0 aliphatic heterocycles. The third kappa shape index (κ3) is 59.1. The summed E-state index contributed by atoms with van der Waals surface area (Å²) >= 11 is 0. The Morgan fingerprint density at radius 3 is 0.849 bits per heavy atom. The Bertz CT molecular complexity index is 1440. The first-order chi connectivity index (χ1) is 36.0. The Morgan fingerprint density at radius 1 is 0.288 bits per heavy atom. The van der Waals surface area contributed by atoms with Crippen molar-refractivity contribution in [2.45, 2.75) is 297 Å². The van der Waals surface area contributed by atoms with Crippen LogP contribution < -0.4 is 0 Å². The van der Waals surface area contributed by atoms with Gasteiger partial charge >= 0.3 is 17.9 Å². The van der Waals surface area contributed by atoms with Crippen molar-refractivity contribution >= 4 is 17.9 Å². The second kappa shape index (κ2) is 60.9. The lowest BCUT2D eigenvalue weighted by Gasteiger charge is -2.18. The van der Waals surface area contributed by atoms with Gasteiger partial charge in [0.05, 0.1) is 0 Å². The number of carbonyl (C=O) groups excluding carboxylic acids is 3. The summed E-state index contributed by atoms with van der Waals surface area (Å²) in [5, 5.41) is 0. The Labute approximate surface area is 451 Å². The highest BCUT2D eigenvalue weighted by Gasteiger charge is 2.19. The van der Waals surface area contributed by atoms with E-state index in [0.29, 0.717) is 19.3 Å². The molecule has 0 aliphatic carbocycles. The van der Waals surface area contributed by atoms with E-state index >= 15 is 0 Å². The lowest BCUT2D eigenvalue weighted by atomic mass is 10.0. The van der Waals surface area contributed by atoms with E-state index in [1.54, 1.807) is 0 Å². The zero-order chi connectivity index (χ0) is 52.9. The minimum atomic E-state index is -0.786. The van der Waals surface area contributed by atoms with Crippen molar-refractivity contribution in [3.8, 4) is 0 Å². The number of allylic oxidation sites excluding steroid dienone is 16. The topological polar surface area (TPSA) is 78.9 Å². The van der Waals surface area contributed by atoms with Crippen LogP contribution >= 0.6 is 0 Å². The fourth-order valence-electron chi connectivity index (χ4n) is 8.49. The maximum absolute atomic E-state index is 12.9. The van der Waals surface area contributed by atoms with Gasteiger partial charge in [-0.2, -0.15) is 0 Å². The van der Waals surface area contributed by atoms with Gasteiger partial charge in [0.25, 0.3) is 0 Å². The van der Waals surface area contributed by atoms with E-state index in [4.69, 9.17) is 14.2 Å². The van der Waals surface area contributed by atoms with Crippen molar-refractivity contribution < 1.29 is 28.6 Å². The highest BCUT2D eigenvalue weighted by Crippen LogP contribution is 2.16. The molecule has 0 saturated heterocycles. The third-order valence-electron chi connectivity index (χ3n) is 13.1. The van der Waals surface area contributed by atoms with Gasteiger partial charge in [0, 0.05) is 19.3 Å². The maximum Gasteiger partial charge on any atom is 0.306 e. The van der Waals surface area contributed by atoms with Crippen molar-refractivity contribution in [1.29, 1.82) is 0 Å². The molecule has 0 heterocycles. The van der Waals surface area contributed by atoms with Gasteiger partial charge in [-0.1, -0.05) is 259 Å². The first kappa shape index (κ1) is 69.3. The van der Waals surface area contributed by atoms with Crippen LogP contribution in [-0.4, -0.2) is 37.2 Å². The number of rotatable bonds is 55. The van der Waals surface area contributed by atoms with Crippen LogP contribution in [0.4, 0.5) is 0 Å². The zero-order valence-electron chi connectivity index (χ0n) is 47.9. The lowest BCUT2D eigenvalue weighted by molar-refractivity contribution is -0.167. The standard InChI is InChI=1S/C67H114O6/c1-4-7-10-13-16-19-22-24-26-28-29-30-31-32-33-34-35-36-37-39-40-42-45-48-51-54-57-60-66(69)72-63-64(62-71-65(68)59-56-53-50-47-44-21-18-15-12-9-6-3)73-67(70)61-58-55-52-49-46-43-41-38-27-25-23-20-17-14-11-8-5-2/h7-8,10-11,15-20,24-27,29-30,64H,4-6,9,12-14,21-23,28,31-63H2,1-3H3/b10-7-,11-8-,18-15-,19-16-,20-17-,26-24-,27-25-,30-29-. The van der Waals surface area contributed by atoms with Crippen molar-refractivity contribution in [2.75, 3.05) is 13.2 Å². The molecule has 1 atom stereocenters. The molecule has 0 bridgehead atoms. The van der Waals surface area contributed by atoms with E-state index in [-0.39, 0.29) is 31.1 Å². The fraction of sp³-hybridized carbons (Fsp3) is 0.716. The average molecular weight is 1020 g/mol. The monoisotopic (exact) mass is 1010 g/mol. The van der Waals surface area contributed by atoms with Crippen LogP contribution in [0.1, 0.15) is 290 Å². The third-order valence-corrected chi connectivity index (χ3v) is 13.1. The van der Waals surface area contributed by atoms with Crippen molar-refractivity contribution in [2.24, 2.45) is 0 Å². The Hall–Kier alpha value is -3.67. The van der Waals surface area contributed by atoms with Crippen molar-refractivity contribution in [3.05, 3.63) is 97.2 Å². The van der Waals surface area contributed by atoms with E-state index in [0.717, 1.165) is 116 Å². The number of carbonyl (C=O) groups is 3. The summed E-state index contributed by atoms with van der Waals surface area (Å²) in [5.74, 6) is -0.897.